The van der Waals surface area contributed by atoms with E-state index in [0.29, 0.717) is 23.9 Å². The highest BCUT2D eigenvalue weighted by atomic mass is 31.0. The molecule has 1 saturated carbocycles. The summed E-state index contributed by atoms with van der Waals surface area (Å²) in [5.41, 5.74) is 5.09. The second-order valence-electron chi connectivity index (χ2n) is 9.24. The molecule has 2 aliphatic carbocycles. The van der Waals surface area contributed by atoms with E-state index in [1.165, 1.54) is 24.8 Å². The fraction of sp³-hybridized carbons (Fsp3) is 0.370. The van der Waals surface area contributed by atoms with Crippen molar-refractivity contribution in [1.29, 1.82) is 0 Å². The molecular formula is C27H30N3O2P. The van der Waals surface area contributed by atoms with Crippen LogP contribution < -0.4 is 10.6 Å². The van der Waals surface area contributed by atoms with Gasteiger partial charge in [-0.15, -0.1) is 9.24 Å². The van der Waals surface area contributed by atoms with Gasteiger partial charge in [-0.25, -0.2) is 9.97 Å². The maximum atomic E-state index is 12.9. The average Bonchev–Trinajstić information content (AvgIpc) is 2.84. The summed E-state index contributed by atoms with van der Waals surface area (Å²) in [6.45, 7) is 0. The third-order valence-corrected chi connectivity index (χ3v) is 7.20. The van der Waals surface area contributed by atoms with Crippen LogP contribution in [0.1, 0.15) is 67.1 Å². The summed E-state index contributed by atoms with van der Waals surface area (Å²) < 4.78 is 0. The quantitative estimate of drug-likeness (QED) is 0.541. The molecular weight excluding hydrogens is 429 g/mol. The number of aromatic nitrogens is 2. The van der Waals surface area contributed by atoms with Crippen molar-refractivity contribution in [3.8, 4) is 11.3 Å². The lowest BCUT2D eigenvalue weighted by Crippen LogP contribution is -2.22. The zero-order valence-electron chi connectivity index (χ0n) is 18.8. The number of rotatable bonds is 5. The molecule has 5 rings (SSSR count). The lowest BCUT2D eigenvalue weighted by Gasteiger charge is -2.24. The first kappa shape index (κ1) is 22.2. The number of amides is 1. The number of carbonyl (C=O) groups excluding carboxylic acids is 1. The normalized spacial score (nSPS) is 16.5. The van der Waals surface area contributed by atoms with Gasteiger partial charge in [0.1, 0.15) is 11.8 Å². The van der Waals surface area contributed by atoms with Crippen molar-refractivity contribution in [2.75, 3.05) is 5.32 Å². The number of aryl methyl sites for hydroxylation is 2. The Morgan fingerprint density at radius 3 is 2.64 bits per heavy atom. The van der Waals surface area contributed by atoms with Gasteiger partial charge in [0.25, 0.3) is 0 Å². The molecule has 2 aromatic carbocycles. The minimum atomic E-state index is -0.972. The Hall–Kier alpha value is -2.62. The monoisotopic (exact) mass is 459 g/mol. The molecule has 2 atom stereocenters. The highest BCUT2D eigenvalue weighted by Crippen LogP contribution is 2.35. The van der Waals surface area contributed by atoms with Gasteiger partial charge in [0, 0.05) is 12.0 Å². The van der Waals surface area contributed by atoms with Crippen molar-refractivity contribution in [2.45, 2.75) is 57.5 Å². The summed E-state index contributed by atoms with van der Waals surface area (Å²) in [6.07, 6.45) is 7.06. The lowest BCUT2D eigenvalue weighted by atomic mass is 9.87. The Labute approximate surface area is 197 Å². The molecule has 0 aliphatic heterocycles. The second kappa shape index (κ2) is 9.70. The van der Waals surface area contributed by atoms with E-state index in [9.17, 15) is 9.90 Å². The SMILES string of the molecule is O=C(CC1CCCCC1)Nc1nc2c(nc1C(O)c1ccccc1)-c1ccc(P)cc1CC2. The molecule has 33 heavy (non-hydrogen) atoms. The number of fused-ring (bicyclic) bond motifs is 3. The van der Waals surface area contributed by atoms with Gasteiger partial charge >= 0.3 is 0 Å². The molecule has 3 aromatic rings. The Kier molecular flexibility index (Phi) is 6.52. The van der Waals surface area contributed by atoms with E-state index in [4.69, 9.17) is 9.97 Å². The van der Waals surface area contributed by atoms with Crippen molar-refractivity contribution in [3.63, 3.8) is 0 Å². The molecule has 6 heteroatoms. The summed E-state index contributed by atoms with van der Waals surface area (Å²) >= 11 is 0. The molecule has 1 heterocycles. The largest absolute Gasteiger partial charge is 0.382 e. The minimum Gasteiger partial charge on any atom is -0.382 e. The van der Waals surface area contributed by atoms with E-state index in [1.54, 1.807) is 0 Å². The maximum Gasteiger partial charge on any atom is 0.225 e. The summed E-state index contributed by atoms with van der Waals surface area (Å²) in [7, 11) is 2.74. The number of carbonyl (C=O) groups is 1. The molecule has 5 nitrogen and oxygen atoms in total. The Balaban J connectivity index is 1.52. The smallest absolute Gasteiger partial charge is 0.225 e. The Morgan fingerprint density at radius 1 is 1.06 bits per heavy atom. The van der Waals surface area contributed by atoms with Crippen LogP contribution in [0.15, 0.2) is 48.5 Å². The van der Waals surface area contributed by atoms with E-state index in [2.05, 4.69) is 26.7 Å². The van der Waals surface area contributed by atoms with Crippen molar-refractivity contribution in [2.24, 2.45) is 5.92 Å². The number of hydrogen-bond acceptors (Lipinski definition) is 4. The van der Waals surface area contributed by atoms with Gasteiger partial charge in [-0.2, -0.15) is 0 Å². The zero-order valence-corrected chi connectivity index (χ0v) is 19.9. The first-order valence-electron chi connectivity index (χ1n) is 11.9. The van der Waals surface area contributed by atoms with E-state index >= 15 is 0 Å². The summed E-state index contributed by atoms with van der Waals surface area (Å²) in [4.78, 5) is 22.7. The van der Waals surface area contributed by atoms with Crippen molar-refractivity contribution in [1.82, 2.24) is 9.97 Å². The fourth-order valence-electron chi connectivity index (χ4n) is 5.09. The molecule has 2 aliphatic rings. The number of hydrogen-bond donors (Lipinski definition) is 2. The fourth-order valence-corrected chi connectivity index (χ4v) is 5.39. The molecule has 2 N–H and O–H groups in total. The predicted molar refractivity (Wildman–Crippen MR) is 135 cm³/mol. The van der Waals surface area contributed by atoms with E-state index < -0.39 is 6.10 Å². The van der Waals surface area contributed by atoms with Crippen molar-refractivity contribution >= 4 is 26.3 Å². The van der Waals surface area contributed by atoms with E-state index in [1.807, 2.05) is 36.4 Å². The van der Waals surface area contributed by atoms with Crippen LogP contribution in [0.5, 0.6) is 0 Å². The van der Waals surface area contributed by atoms with Gasteiger partial charge in [-0.1, -0.05) is 67.8 Å². The molecule has 1 fully saturated rings. The first-order valence-corrected chi connectivity index (χ1v) is 12.5. The summed E-state index contributed by atoms with van der Waals surface area (Å²) in [6, 6.07) is 15.7. The lowest BCUT2D eigenvalue weighted by molar-refractivity contribution is -0.117. The highest BCUT2D eigenvalue weighted by molar-refractivity contribution is 7.27. The summed E-state index contributed by atoms with van der Waals surface area (Å²) in [5, 5.41) is 15.4. The van der Waals surface area contributed by atoms with Crippen molar-refractivity contribution < 1.29 is 9.90 Å². The van der Waals surface area contributed by atoms with E-state index in [0.717, 1.165) is 53.5 Å². The van der Waals surface area contributed by atoms with Crippen molar-refractivity contribution in [3.05, 3.63) is 71.0 Å². The minimum absolute atomic E-state index is 0.0403. The highest BCUT2D eigenvalue weighted by Gasteiger charge is 2.27. The molecule has 2 unspecified atom stereocenters. The molecule has 0 bridgehead atoms. The topological polar surface area (TPSA) is 75.1 Å². The van der Waals surface area contributed by atoms with Gasteiger partial charge in [0.15, 0.2) is 5.82 Å². The van der Waals surface area contributed by atoms with Gasteiger partial charge in [0.2, 0.25) is 5.91 Å². The number of aliphatic hydroxyl groups is 1. The Bertz CT molecular complexity index is 1160. The van der Waals surface area contributed by atoms with Crippen LogP contribution in [0, 0.1) is 5.92 Å². The van der Waals surface area contributed by atoms with Crippen LogP contribution in [0.3, 0.4) is 0 Å². The molecule has 0 saturated heterocycles. The number of benzene rings is 2. The van der Waals surface area contributed by atoms with Crippen LogP contribution in [0.25, 0.3) is 11.3 Å². The van der Waals surface area contributed by atoms with Crippen LogP contribution in [0.2, 0.25) is 0 Å². The predicted octanol–water partition coefficient (Wildman–Crippen LogP) is 4.73. The molecule has 0 radical (unpaired) electrons. The zero-order chi connectivity index (χ0) is 22.8. The maximum absolute atomic E-state index is 12.9. The van der Waals surface area contributed by atoms with Crippen LogP contribution >= 0.6 is 9.24 Å². The van der Waals surface area contributed by atoms with Gasteiger partial charge < -0.3 is 10.4 Å². The van der Waals surface area contributed by atoms with E-state index in [-0.39, 0.29) is 5.91 Å². The first-order chi connectivity index (χ1) is 16.1. The number of nitrogens with one attached hydrogen (secondary N) is 1. The van der Waals surface area contributed by atoms with Gasteiger partial charge in [0.05, 0.1) is 11.4 Å². The second-order valence-corrected chi connectivity index (χ2v) is 9.91. The number of anilines is 1. The van der Waals surface area contributed by atoms with Gasteiger partial charge in [-0.3, -0.25) is 4.79 Å². The molecule has 1 amide bonds. The standard InChI is InChI=1S/C27H30N3O2P/c31-23(15-17-7-3-1-4-8-17)29-27-25(26(32)18-9-5-2-6-10-18)30-24-21-13-12-20(33)16-19(21)11-14-22(24)28-27/h2,5-6,9-10,12-13,16-17,26,32H,1,3-4,7-8,11,14-15,33H2,(H,28,29,31). The molecule has 170 valence electrons. The van der Waals surface area contributed by atoms with Crippen LogP contribution in [-0.4, -0.2) is 21.0 Å². The average molecular weight is 460 g/mol. The third kappa shape index (κ3) is 4.85. The van der Waals surface area contributed by atoms with Gasteiger partial charge in [-0.05, 0) is 48.0 Å². The molecule has 1 aromatic heterocycles. The number of nitrogens with zero attached hydrogens (tertiary/aromatic N) is 2. The Morgan fingerprint density at radius 2 is 1.85 bits per heavy atom. The number of aliphatic hydroxyl groups excluding tert-OH is 1. The van der Waals surface area contributed by atoms with Crippen LogP contribution in [-0.2, 0) is 17.6 Å². The summed E-state index contributed by atoms with van der Waals surface area (Å²) in [5.74, 6) is 0.776. The third-order valence-electron chi connectivity index (χ3n) is 6.84. The molecule has 0 spiro atoms. The van der Waals surface area contributed by atoms with Crippen LogP contribution in [0.4, 0.5) is 5.82 Å².